The second kappa shape index (κ2) is 5.98. The van der Waals surface area contributed by atoms with Gasteiger partial charge >= 0.3 is 6.03 Å². The van der Waals surface area contributed by atoms with Crippen LogP contribution in [0.25, 0.3) is 0 Å². The minimum Gasteiger partial charge on any atom is -0.395 e. The predicted molar refractivity (Wildman–Crippen MR) is 65.1 cm³/mol. The third-order valence-electron chi connectivity index (χ3n) is 2.83. The summed E-state index contributed by atoms with van der Waals surface area (Å²) in [6.45, 7) is 2.30. The standard InChI is InChI=1S/C11H19N3O5/c1-11(2)9(18)14(10(19)12-11)7-8(17)13(3-5-15)4-6-16/h15-16H,3-7H2,1-2H3,(H,12,19). The minimum atomic E-state index is -1.02. The van der Waals surface area contributed by atoms with Gasteiger partial charge in [0.05, 0.1) is 13.2 Å². The number of imide groups is 1. The summed E-state index contributed by atoms with van der Waals surface area (Å²) >= 11 is 0. The number of rotatable bonds is 6. The van der Waals surface area contributed by atoms with E-state index in [1.165, 1.54) is 4.90 Å². The molecule has 4 amide bonds. The SMILES string of the molecule is CC1(C)NC(=O)N(CC(=O)N(CCO)CCO)C1=O. The maximum atomic E-state index is 11.9. The third kappa shape index (κ3) is 3.42. The third-order valence-corrected chi connectivity index (χ3v) is 2.83. The molecule has 1 rings (SSSR count). The Bertz CT molecular complexity index is 377. The number of aliphatic hydroxyl groups is 2. The number of hydrogen-bond donors (Lipinski definition) is 3. The molecular formula is C11H19N3O5. The van der Waals surface area contributed by atoms with Gasteiger partial charge in [0, 0.05) is 13.1 Å². The fourth-order valence-corrected chi connectivity index (χ4v) is 1.80. The van der Waals surface area contributed by atoms with Crippen molar-refractivity contribution in [2.24, 2.45) is 0 Å². The first kappa shape index (κ1) is 15.4. The smallest absolute Gasteiger partial charge is 0.325 e. The minimum absolute atomic E-state index is 0.0481. The van der Waals surface area contributed by atoms with Gasteiger partial charge in [0.25, 0.3) is 5.91 Å². The van der Waals surface area contributed by atoms with Crippen molar-refractivity contribution in [1.29, 1.82) is 0 Å². The molecule has 0 aromatic carbocycles. The number of carbonyl (C=O) groups excluding carboxylic acids is 3. The van der Waals surface area contributed by atoms with Crippen molar-refractivity contribution in [3.63, 3.8) is 0 Å². The zero-order chi connectivity index (χ0) is 14.6. The zero-order valence-electron chi connectivity index (χ0n) is 11.0. The second-order valence-electron chi connectivity index (χ2n) is 4.77. The summed E-state index contributed by atoms with van der Waals surface area (Å²) in [6.07, 6.45) is 0. The van der Waals surface area contributed by atoms with E-state index in [4.69, 9.17) is 10.2 Å². The molecule has 1 aliphatic heterocycles. The van der Waals surface area contributed by atoms with Gasteiger partial charge in [-0.3, -0.25) is 14.5 Å². The fraction of sp³-hybridized carbons (Fsp3) is 0.727. The summed E-state index contributed by atoms with van der Waals surface area (Å²) < 4.78 is 0. The number of aliphatic hydroxyl groups excluding tert-OH is 2. The van der Waals surface area contributed by atoms with E-state index >= 15 is 0 Å². The molecule has 0 radical (unpaired) electrons. The average Bonchev–Trinajstić information content (AvgIpc) is 2.51. The van der Waals surface area contributed by atoms with E-state index in [1.807, 2.05) is 0 Å². The highest BCUT2D eigenvalue weighted by Gasteiger charge is 2.45. The van der Waals surface area contributed by atoms with Crippen LogP contribution in [0.2, 0.25) is 0 Å². The van der Waals surface area contributed by atoms with Crippen LogP contribution < -0.4 is 5.32 Å². The molecular weight excluding hydrogens is 254 g/mol. The number of urea groups is 1. The Balaban J connectivity index is 2.70. The molecule has 0 spiro atoms. The molecule has 1 fully saturated rings. The highest BCUT2D eigenvalue weighted by atomic mass is 16.3. The van der Waals surface area contributed by atoms with Crippen LogP contribution in [0.15, 0.2) is 0 Å². The first-order valence-electron chi connectivity index (χ1n) is 5.97. The number of amides is 4. The van der Waals surface area contributed by atoms with Crippen LogP contribution >= 0.6 is 0 Å². The van der Waals surface area contributed by atoms with E-state index in [-0.39, 0.29) is 26.3 Å². The van der Waals surface area contributed by atoms with Crippen molar-refractivity contribution in [3.8, 4) is 0 Å². The van der Waals surface area contributed by atoms with Gasteiger partial charge in [-0.25, -0.2) is 4.79 Å². The molecule has 1 heterocycles. The van der Waals surface area contributed by atoms with Crippen LogP contribution in [0.5, 0.6) is 0 Å². The van der Waals surface area contributed by atoms with Crippen LogP contribution in [0.3, 0.4) is 0 Å². The van der Waals surface area contributed by atoms with Gasteiger partial charge in [-0.15, -0.1) is 0 Å². The van der Waals surface area contributed by atoms with Crippen molar-refractivity contribution in [2.75, 3.05) is 32.8 Å². The van der Waals surface area contributed by atoms with E-state index in [2.05, 4.69) is 5.32 Å². The molecule has 1 saturated heterocycles. The molecule has 19 heavy (non-hydrogen) atoms. The van der Waals surface area contributed by atoms with E-state index in [0.717, 1.165) is 4.90 Å². The lowest BCUT2D eigenvalue weighted by molar-refractivity contribution is -0.139. The Morgan fingerprint density at radius 2 is 1.79 bits per heavy atom. The van der Waals surface area contributed by atoms with Crippen LogP contribution in [0.4, 0.5) is 4.79 Å². The first-order valence-corrected chi connectivity index (χ1v) is 5.97. The molecule has 0 bridgehead atoms. The van der Waals surface area contributed by atoms with Gasteiger partial charge in [-0.05, 0) is 13.8 Å². The highest BCUT2D eigenvalue weighted by Crippen LogP contribution is 2.16. The van der Waals surface area contributed by atoms with Crippen molar-refractivity contribution in [1.82, 2.24) is 15.1 Å². The monoisotopic (exact) mass is 273 g/mol. The topological polar surface area (TPSA) is 110 Å². The van der Waals surface area contributed by atoms with Crippen LogP contribution in [0, 0.1) is 0 Å². The number of nitrogens with one attached hydrogen (secondary N) is 1. The largest absolute Gasteiger partial charge is 0.395 e. The second-order valence-corrected chi connectivity index (χ2v) is 4.77. The molecule has 0 saturated carbocycles. The summed E-state index contributed by atoms with van der Waals surface area (Å²) in [7, 11) is 0. The summed E-state index contributed by atoms with van der Waals surface area (Å²) in [5, 5.41) is 20.1. The van der Waals surface area contributed by atoms with Crippen LogP contribution in [-0.2, 0) is 9.59 Å². The lowest BCUT2D eigenvalue weighted by atomic mass is 10.1. The molecule has 0 aromatic rings. The highest BCUT2D eigenvalue weighted by molar-refractivity contribution is 6.08. The lowest BCUT2D eigenvalue weighted by Gasteiger charge is -2.23. The molecule has 0 atom stereocenters. The first-order chi connectivity index (χ1) is 8.83. The summed E-state index contributed by atoms with van der Waals surface area (Å²) in [6, 6.07) is -0.615. The van der Waals surface area contributed by atoms with E-state index in [1.54, 1.807) is 13.8 Å². The van der Waals surface area contributed by atoms with Crippen molar-refractivity contribution < 1.29 is 24.6 Å². The summed E-state index contributed by atoms with van der Waals surface area (Å²) in [4.78, 5) is 37.4. The van der Waals surface area contributed by atoms with Gasteiger partial charge in [-0.1, -0.05) is 0 Å². The van der Waals surface area contributed by atoms with E-state index in [0.29, 0.717) is 0 Å². The predicted octanol–water partition coefficient (Wildman–Crippen LogP) is -1.87. The van der Waals surface area contributed by atoms with Crippen LogP contribution in [-0.4, -0.2) is 76.2 Å². The van der Waals surface area contributed by atoms with Gasteiger partial charge in [0.1, 0.15) is 12.1 Å². The number of hydrogen-bond acceptors (Lipinski definition) is 5. The quantitative estimate of drug-likeness (QED) is 0.491. The molecule has 1 aliphatic rings. The number of carbonyl (C=O) groups is 3. The Labute approximate surface area is 111 Å². The molecule has 0 aliphatic carbocycles. The lowest BCUT2D eigenvalue weighted by Crippen LogP contribution is -2.46. The molecule has 108 valence electrons. The van der Waals surface area contributed by atoms with Crippen molar-refractivity contribution >= 4 is 17.8 Å². The maximum absolute atomic E-state index is 11.9. The molecule has 8 heteroatoms. The fourth-order valence-electron chi connectivity index (χ4n) is 1.80. The average molecular weight is 273 g/mol. The van der Waals surface area contributed by atoms with Crippen molar-refractivity contribution in [3.05, 3.63) is 0 Å². The van der Waals surface area contributed by atoms with Crippen molar-refractivity contribution in [2.45, 2.75) is 19.4 Å². The van der Waals surface area contributed by atoms with E-state index < -0.39 is 29.9 Å². The Kier molecular flexibility index (Phi) is 4.84. The Hall–Kier alpha value is -1.67. The van der Waals surface area contributed by atoms with Gasteiger partial charge < -0.3 is 20.4 Å². The van der Waals surface area contributed by atoms with Crippen LogP contribution in [0.1, 0.15) is 13.8 Å². The maximum Gasteiger partial charge on any atom is 0.325 e. The summed E-state index contributed by atoms with van der Waals surface area (Å²) in [5.74, 6) is -0.969. The molecule has 0 aromatic heterocycles. The number of nitrogens with zero attached hydrogens (tertiary/aromatic N) is 2. The van der Waals surface area contributed by atoms with E-state index in [9.17, 15) is 14.4 Å². The normalized spacial score (nSPS) is 17.6. The van der Waals surface area contributed by atoms with Gasteiger partial charge in [0.15, 0.2) is 0 Å². The molecule has 3 N–H and O–H groups in total. The van der Waals surface area contributed by atoms with Gasteiger partial charge in [0.2, 0.25) is 5.91 Å². The molecule has 8 nitrogen and oxygen atoms in total. The summed E-state index contributed by atoms with van der Waals surface area (Å²) in [5.41, 5.74) is -1.02. The Morgan fingerprint density at radius 1 is 1.26 bits per heavy atom. The Morgan fingerprint density at radius 3 is 2.16 bits per heavy atom. The zero-order valence-corrected chi connectivity index (χ0v) is 11.0. The molecule has 0 unspecified atom stereocenters. The van der Waals surface area contributed by atoms with Gasteiger partial charge in [-0.2, -0.15) is 0 Å².